The maximum absolute atomic E-state index is 12.6. The average molecular weight is 352 g/mol. The zero-order chi connectivity index (χ0) is 18.1. The minimum atomic E-state index is -0.939. The van der Waals surface area contributed by atoms with Crippen molar-refractivity contribution in [1.29, 1.82) is 0 Å². The molecule has 132 valence electrons. The molecular formula is C12H12N6O7. The summed E-state index contributed by atoms with van der Waals surface area (Å²) in [4.78, 5) is 33.5. The Morgan fingerprint density at radius 1 is 1.52 bits per heavy atom. The lowest BCUT2D eigenvalue weighted by Crippen LogP contribution is -2.30. The number of rotatable bonds is 5. The highest BCUT2D eigenvalue weighted by molar-refractivity contribution is 5.81. The van der Waals surface area contributed by atoms with Crippen molar-refractivity contribution in [3.63, 3.8) is 0 Å². The fraction of sp³-hybridized carbons (Fsp3) is 0.417. The summed E-state index contributed by atoms with van der Waals surface area (Å²) in [7, 11) is 0. The van der Waals surface area contributed by atoms with Crippen LogP contribution in [0.5, 0.6) is 0 Å². The van der Waals surface area contributed by atoms with Gasteiger partial charge in [0.1, 0.15) is 6.61 Å². The van der Waals surface area contributed by atoms with Crippen LogP contribution < -0.4 is 5.56 Å². The van der Waals surface area contributed by atoms with Gasteiger partial charge in [-0.05, 0) is 4.92 Å². The van der Waals surface area contributed by atoms with Crippen LogP contribution in [0, 0.1) is 23.0 Å². The predicted molar refractivity (Wildman–Crippen MR) is 77.6 cm³/mol. The number of aliphatic hydroxyl groups is 1. The van der Waals surface area contributed by atoms with Gasteiger partial charge in [0.05, 0.1) is 11.2 Å². The second-order valence-corrected chi connectivity index (χ2v) is 5.01. The summed E-state index contributed by atoms with van der Waals surface area (Å²) in [5, 5.41) is 31.1. The topological polar surface area (TPSA) is 164 Å². The number of hydrogen-bond donors (Lipinski definition) is 1. The molecule has 1 aliphatic heterocycles. The Bertz CT molecular complexity index is 890. The van der Waals surface area contributed by atoms with Gasteiger partial charge >= 0.3 is 17.3 Å². The van der Waals surface area contributed by atoms with Gasteiger partial charge in [0.15, 0.2) is 18.5 Å². The quantitative estimate of drug-likeness (QED) is 0.389. The molecule has 1 N–H and O–H groups in total. The summed E-state index contributed by atoms with van der Waals surface area (Å²) in [5.41, 5.74) is -1.38. The molecule has 13 nitrogen and oxygen atoms in total. The number of esters is 1. The van der Waals surface area contributed by atoms with Gasteiger partial charge in [-0.3, -0.25) is 9.59 Å². The molecule has 25 heavy (non-hydrogen) atoms. The third kappa shape index (κ3) is 3.06. The zero-order valence-electron chi connectivity index (χ0n) is 12.8. The Hall–Kier alpha value is -2.93. The molecule has 0 bridgehead atoms. The minimum absolute atomic E-state index is 0.0349. The van der Waals surface area contributed by atoms with Crippen LogP contribution in [-0.4, -0.2) is 53.5 Å². The minimum Gasteiger partial charge on any atom is -0.463 e. The molecule has 2 aromatic heterocycles. The van der Waals surface area contributed by atoms with Crippen LogP contribution in [0.2, 0.25) is 0 Å². The highest BCUT2D eigenvalue weighted by Gasteiger charge is 2.33. The first kappa shape index (κ1) is 16.9. The molecule has 1 fully saturated rings. The van der Waals surface area contributed by atoms with Crippen molar-refractivity contribution in [2.45, 2.75) is 26.0 Å². The highest BCUT2D eigenvalue weighted by Crippen LogP contribution is 2.26. The Labute approximate surface area is 138 Å². The van der Waals surface area contributed by atoms with E-state index in [4.69, 9.17) is 9.47 Å². The van der Waals surface area contributed by atoms with E-state index in [9.17, 15) is 24.8 Å². The van der Waals surface area contributed by atoms with Crippen molar-refractivity contribution in [1.82, 2.24) is 24.8 Å². The Morgan fingerprint density at radius 3 is 2.92 bits per heavy atom. The molecule has 3 rings (SSSR count). The average Bonchev–Trinajstić information content (AvgIpc) is 3.17. The number of fused-ring (bicyclic) bond motifs is 1. The molecule has 2 atom stereocenters. The van der Waals surface area contributed by atoms with Gasteiger partial charge in [-0.15, -0.1) is 9.78 Å². The first-order valence-corrected chi connectivity index (χ1v) is 7.00. The van der Waals surface area contributed by atoms with Crippen molar-refractivity contribution in [2.24, 2.45) is 0 Å². The molecule has 2 radical (unpaired) electrons. The molecule has 2 unspecified atom stereocenters. The van der Waals surface area contributed by atoms with Gasteiger partial charge in [0.2, 0.25) is 5.52 Å². The number of hydrogen-bond acceptors (Lipinski definition) is 10. The van der Waals surface area contributed by atoms with Crippen molar-refractivity contribution in [3.8, 4) is 0 Å². The second kappa shape index (κ2) is 6.52. The van der Waals surface area contributed by atoms with Crippen LogP contribution in [0.25, 0.3) is 11.0 Å². The zero-order valence-corrected chi connectivity index (χ0v) is 12.8. The van der Waals surface area contributed by atoms with Crippen LogP contribution in [-0.2, 0) is 21.0 Å². The van der Waals surface area contributed by atoms with E-state index in [-0.39, 0.29) is 17.6 Å². The fourth-order valence-electron chi connectivity index (χ4n) is 2.30. The van der Waals surface area contributed by atoms with Gasteiger partial charge in [0, 0.05) is 19.8 Å². The van der Waals surface area contributed by atoms with Gasteiger partial charge in [-0.1, -0.05) is 5.21 Å². The van der Waals surface area contributed by atoms with E-state index in [2.05, 4.69) is 15.4 Å². The van der Waals surface area contributed by atoms with E-state index in [1.807, 2.05) is 0 Å². The summed E-state index contributed by atoms with van der Waals surface area (Å²) in [5.74, 6) is -1.16. The van der Waals surface area contributed by atoms with E-state index in [1.54, 1.807) is 6.42 Å². The number of nitro groups is 1. The molecule has 0 aromatic carbocycles. The molecule has 0 amide bonds. The fourth-order valence-corrected chi connectivity index (χ4v) is 2.30. The van der Waals surface area contributed by atoms with E-state index in [0.29, 0.717) is 0 Å². The first-order chi connectivity index (χ1) is 11.9. The largest absolute Gasteiger partial charge is 0.463 e. The lowest BCUT2D eigenvalue weighted by atomic mass is 10.2. The van der Waals surface area contributed by atoms with Gasteiger partial charge in [-0.2, -0.15) is 4.68 Å². The molecular weight excluding hydrogens is 340 g/mol. The summed E-state index contributed by atoms with van der Waals surface area (Å²) in [6, 6.07) is 0. The van der Waals surface area contributed by atoms with Gasteiger partial charge in [0.25, 0.3) is 0 Å². The van der Waals surface area contributed by atoms with Crippen LogP contribution in [0.3, 0.4) is 0 Å². The Kier molecular flexibility index (Phi) is 4.41. The Morgan fingerprint density at radius 2 is 2.28 bits per heavy atom. The summed E-state index contributed by atoms with van der Waals surface area (Å²) in [6.07, 6.45) is 1.57. The number of aliphatic hydroxyl groups excluding tert-OH is 1. The van der Waals surface area contributed by atoms with Crippen LogP contribution in [0.4, 0.5) is 5.82 Å². The van der Waals surface area contributed by atoms with Crippen LogP contribution in [0.1, 0.15) is 13.2 Å². The van der Waals surface area contributed by atoms with Gasteiger partial charge in [-0.25, -0.2) is 0 Å². The Balaban J connectivity index is 1.94. The molecule has 13 heteroatoms. The lowest BCUT2D eigenvalue weighted by Gasteiger charge is -2.13. The molecule has 2 aromatic rings. The van der Waals surface area contributed by atoms with Crippen LogP contribution in [0.15, 0.2) is 4.79 Å². The maximum Gasteiger partial charge on any atom is 0.418 e. The predicted octanol–water partition coefficient (Wildman–Crippen LogP) is -1.28. The monoisotopic (exact) mass is 352 g/mol. The van der Waals surface area contributed by atoms with E-state index >= 15 is 0 Å². The standard InChI is InChI=1S/C12H12N6O7/c1-6(20)24-4-7-2-3-8(25-7)17-12(21)10-9(13-15-17)11(18(22)23)14-16(10)5-19/h2-3,7-8,19H,4-5H2,1H3. The third-order valence-electron chi connectivity index (χ3n) is 3.36. The normalized spacial score (nSPS) is 20.1. The second-order valence-electron chi connectivity index (χ2n) is 5.01. The number of nitrogens with zero attached hydrogens (tertiary/aromatic N) is 6. The molecule has 1 saturated heterocycles. The number of aromatic nitrogens is 5. The van der Waals surface area contributed by atoms with E-state index in [1.165, 1.54) is 13.3 Å². The van der Waals surface area contributed by atoms with E-state index in [0.717, 1.165) is 9.36 Å². The molecule has 0 saturated carbocycles. The third-order valence-corrected chi connectivity index (χ3v) is 3.36. The SMILES string of the molecule is CC(=O)OCC1[CH][CH]C(n2nnc3c([N+](=O)[O-])nn(CO)c3c2=O)O1. The van der Waals surface area contributed by atoms with Crippen molar-refractivity contribution in [2.75, 3.05) is 6.61 Å². The van der Waals surface area contributed by atoms with E-state index < -0.39 is 41.3 Å². The molecule has 0 spiro atoms. The highest BCUT2D eigenvalue weighted by atomic mass is 16.6. The number of carbonyl (C=O) groups is 1. The molecule has 3 heterocycles. The smallest absolute Gasteiger partial charge is 0.418 e. The van der Waals surface area contributed by atoms with Crippen LogP contribution >= 0.6 is 0 Å². The van der Waals surface area contributed by atoms with Gasteiger partial charge < -0.3 is 24.7 Å². The summed E-state index contributed by atoms with van der Waals surface area (Å²) >= 11 is 0. The molecule has 0 aliphatic carbocycles. The number of ether oxygens (including phenoxy) is 2. The maximum atomic E-state index is 12.6. The summed E-state index contributed by atoms with van der Waals surface area (Å²) in [6.45, 7) is 0.470. The molecule has 1 aliphatic rings. The number of carbonyl (C=O) groups excluding carboxylic acids is 1. The lowest BCUT2D eigenvalue weighted by molar-refractivity contribution is -0.388. The van der Waals surface area contributed by atoms with Crippen molar-refractivity contribution >= 4 is 22.8 Å². The van der Waals surface area contributed by atoms with Crippen molar-refractivity contribution < 1.29 is 24.3 Å². The summed E-state index contributed by atoms with van der Waals surface area (Å²) < 4.78 is 11.9. The first-order valence-electron chi connectivity index (χ1n) is 7.00. The van der Waals surface area contributed by atoms with Crippen molar-refractivity contribution in [3.05, 3.63) is 33.3 Å².